The fraction of sp³-hybridized carbons (Fsp3) is 0.211. The second-order valence-electron chi connectivity index (χ2n) is 6.01. The molecular weight excluding hydrogens is 353 g/mol. The van der Waals surface area contributed by atoms with Gasteiger partial charge < -0.3 is 15.6 Å². The number of carbonyl (C=O) groups is 1. The van der Waals surface area contributed by atoms with E-state index in [1.54, 1.807) is 42.5 Å². The minimum Gasteiger partial charge on any atom is -0.389 e. The summed E-state index contributed by atoms with van der Waals surface area (Å²) < 4.78 is 19.8. The number of rotatable bonds is 7. The molecular formula is C19H18FN3O4. The minimum atomic E-state index is -1.08. The van der Waals surface area contributed by atoms with E-state index in [0.717, 1.165) is 4.68 Å². The number of carbonyl (C=O) groups excluding carboxylic acids is 1. The van der Waals surface area contributed by atoms with Crippen LogP contribution in [0.3, 0.4) is 0 Å². The van der Waals surface area contributed by atoms with Gasteiger partial charge in [-0.1, -0.05) is 36.4 Å². The van der Waals surface area contributed by atoms with E-state index in [4.69, 9.17) is 10.5 Å². The van der Waals surface area contributed by atoms with Gasteiger partial charge in [-0.25, -0.2) is 9.07 Å². The third-order valence-corrected chi connectivity index (χ3v) is 4.01. The Labute approximate surface area is 153 Å². The fourth-order valence-corrected chi connectivity index (χ4v) is 2.71. The quantitative estimate of drug-likeness (QED) is 0.649. The maximum absolute atomic E-state index is 13.5. The first kappa shape index (κ1) is 18.7. The number of halogens is 1. The van der Waals surface area contributed by atoms with Crippen molar-refractivity contribution >= 4 is 16.7 Å². The van der Waals surface area contributed by atoms with E-state index in [0.29, 0.717) is 10.9 Å². The Hall–Kier alpha value is -3.10. The molecule has 0 aliphatic heterocycles. The maximum Gasteiger partial charge on any atom is 0.274 e. The highest BCUT2D eigenvalue weighted by molar-refractivity contribution is 6.03. The predicted molar refractivity (Wildman–Crippen MR) is 96.6 cm³/mol. The molecule has 7 nitrogen and oxygen atoms in total. The van der Waals surface area contributed by atoms with Crippen molar-refractivity contribution in [1.29, 1.82) is 0 Å². The highest BCUT2D eigenvalue weighted by Crippen LogP contribution is 2.13. The van der Waals surface area contributed by atoms with Gasteiger partial charge in [0.25, 0.3) is 11.5 Å². The van der Waals surface area contributed by atoms with Crippen molar-refractivity contribution in [2.75, 3.05) is 6.61 Å². The molecule has 140 valence electrons. The molecule has 1 amide bonds. The number of benzene rings is 2. The lowest BCUT2D eigenvalue weighted by atomic mass is 10.1. The van der Waals surface area contributed by atoms with E-state index in [2.05, 4.69) is 5.10 Å². The van der Waals surface area contributed by atoms with Gasteiger partial charge in [0.05, 0.1) is 31.2 Å². The number of nitrogens with zero attached hydrogens (tertiary/aromatic N) is 2. The smallest absolute Gasteiger partial charge is 0.274 e. The summed E-state index contributed by atoms with van der Waals surface area (Å²) in [5.41, 5.74) is 5.21. The highest BCUT2D eigenvalue weighted by atomic mass is 19.1. The molecule has 8 heteroatoms. The molecule has 1 unspecified atom stereocenters. The number of fused-ring (bicyclic) bond motifs is 1. The van der Waals surface area contributed by atoms with E-state index in [1.807, 2.05) is 0 Å². The molecule has 3 aromatic rings. The van der Waals surface area contributed by atoms with Crippen LogP contribution in [-0.4, -0.2) is 33.5 Å². The van der Waals surface area contributed by atoms with E-state index in [9.17, 15) is 19.1 Å². The van der Waals surface area contributed by atoms with E-state index in [-0.39, 0.29) is 30.8 Å². The number of aromatic nitrogens is 2. The van der Waals surface area contributed by atoms with Crippen LogP contribution in [0.1, 0.15) is 16.1 Å². The molecule has 0 saturated heterocycles. The summed E-state index contributed by atoms with van der Waals surface area (Å²) in [5, 5.41) is 14.8. The Morgan fingerprint density at radius 3 is 2.56 bits per heavy atom. The molecule has 0 aliphatic carbocycles. The van der Waals surface area contributed by atoms with E-state index < -0.39 is 23.4 Å². The van der Waals surface area contributed by atoms with Crippen molar-refractivity contribution in [3.8, 4) is 0 Å². The van der Waals surface area contributed by atoms with Crippen molar-refractivity contribution in [3.05, 3.63) is 76.0 Å². The van der Waals surface area contributed by atoms with Crippen LogP contribution < -0.4 is 11.3 Å². The van der Waals surface area contributed by atoms with E-state index in [1.165, 1.54) is 6.07 Å². The fourth-order valence-electron chi connectivity index (χ4n) is 2.71. The summed E-state index contributed by atoms with van der Waals surface area (Å²) in [4.78, 5) is 24.2. The molecule has 0 saturated carbocycles. The molecule has 1 aromatic heterocycles. The number of hydrogen-bond acceptors (Lipinski definition) is 5. The van der Waals surface area contributed by atoms with Crippen LogP contribution in [0.4, 0.5) is 4.39 Å². The number of aliphatic hydroxyl groups is 1. The summed E-state index contributed by atoms with van der Waals surface area (Å²) in [6.07, 6.45) is -1.08. The van der Waals surface area contributed by atoms with Crippen molar-refractivity contribution in [2.45, 2.75) is 19.3 Å². The minimum absolute atomic E-state index is 0.0175. The van der Waals surface area contributed by atoms with Gasteiger partial charge in [0, 0.05) is 10.9 Å². The number of primary amides is 1. The normalized spacial score (nSPS) is 12.2. The lowest BCUT2D eigenvalue weighted by molar-refractivity contribution is 0.0171. The molecule has 0 radical (unpaired) electrons. The molecule has 3 rings (SSSR count). The lowest BCUT2D eigenvalue weighted by Crippen LogP contribution is -2.33. The number of nitrogens with two attached hydrogens (primary N) is 1. The van der Waals surface area contributed by atoms with Crippen LogP contribution in [0.2, 0.25) is 0 Å². The van der Waals surface area contributed by atoms with Gasteiger partial charge in [-0.2, -0.15) is 5.10 Å². The maximum atomic E-state index is 13.5. The standard InChI is InChI=1S/C19H18FN3O4/c20-16-8-4-1-5-12(16)10-27-11-13(24)9-23-19(26)15-7-3-2-6-14(15)17(22-23)18(21)25/h1-8,13,24H,9-11H2,(H2,21,25). The second-order valence-corrected chi connectivity index (χ2v) is 6.01. The summed E-state index contributed by atoms with van der Waals surface area (Å²) >= 11 is 0. The Kier molecular flexibility index (Phi) is 5.58. The van der Waals surface area contributed by atoms with Gasteiger partial charge in [0.2, 0.25) is 0 Å². The molecule has 2 aromatic carbocycles. The van der Waals surface area contributed by atoms with Gasteiger partial charge >= 0.3 is 0 Å². The van der Waals surface area contributed by atoms with Crippen molar-refractivity contribution in [1.82, 2.24) is 9.78 Å². The number of hydrogen-bond donors (Lipinski definition) is 2. The van der Waals surface area contributed by atoms with Crippen LogP contribution in [0, 0.1) is 5.82 Å². The average molecular weight is 371 g/mol. The van der Waals surface area contributed by atoms with Gasteiger partial charge in [-0.15, -0.1) is 0 Å². The van der Waals surface area contributed by atoms with Gasteiger partial charge in [0.1, 0.15) is 5.82 Å². The van der Waals surface area contributed by atoms with Crippen molar-refractivity contribution < 1.29 is 19.0 Å². The van der Waals surface area contributed by atoms with Gasteiger partial charge in [-0.3, -0.25) is 9.59 Å². The molecule has 27 heavy (non-hydrogen) atoms. The number of amides is 1. The molecule has 0 fully saturated rings. The third kappa shape index (κ3) is 4.18. The SMILES string of the molecule is NC(=O)c1nn(CC(O)COCc2ccccc2F)c(=O)c2ccccc12. The topological polar surface area (TPSA) is 107 Å². The van der Waals surface area contributed by atoms with Crippen LogP contribution in [-0.2, 0) is 17.9 Å². The largest absolute Gasteiger partial charge is 0.389 e. The summed E-state index contributed by atoms with van der Waals surface area (Å²) in [6, 6.07) is 12.6. The molecule has 1 heterocycles. The molecule has 0 bridgehead atoms. The zero-order valence-corrected chi connectivity index (χ0v) is 14.3. The monoisotopic (exact) mass is 371 g/mol. The predicted octanol–water partition coefficient (Wildman–Crippen LogP) is 1.21. The number of ether oxygens (including phenoxy) is 1. The molecule has 3 N–H and O–H groups in total. The number of aliphatic hydroxyl groups excluding tert-OH is 1. The Bertz CT molecular complexity index is 1030. The van der Waals surface area contributed by atoms with Crippen LogP contribution >= 0.6 is 0 Å². The van der Waals surface area contributed by atoms with Crippen LogP contribution in [0.5, 0.6) is 0 Å². The Morgan fingerprint density at radius 2 is 1.85 bits per heavy atom. The van der Waals surface area contributed by atoms with Crippen molar-refractivity contribution in [3.63, 3.8) is 0 Å². The van der Waals surface area contributed by atoms with Gasteiger partial charge in [-0.05, 0) is 12.1 Å². The first-order valence-electron chi connectivity index (χ1n) is 8.26. The summed E-state index contributed by atoms with van der Waals surface area (Å²) in [7, 11) is 0. The zero-order valence-electron chi connectivity index (χ0n) is 14.3. The second kappa shape index (κ2) is 8.07. The summed E-state index contributed by atoms with van der Waals surface area (Å²) in [5.74, 6) is -1.17. The van der Waals surface area contributed by atoms with Crippen LogP contribution in [0.25, 0.3) is 10.8 Å². The van der Waals surface area contributed by atoms with Crippen molar-refractivity contribution in [2.24, 2.45) is 5.73 Å². The third-order valence-electron chi connectivity index (χ3n) is 4.01. The van der Waals surface area contributed by atoms with Gasteiger partial charge in [0.15, 0.2) is 5.69 Å². The Balaban J connectivity index is 1.74. The molecule has 1 atom stereocenters. The Morgan fingerprint density at radius 1 is 1.19 bits per heavy atom. The first-order valence-corrected chi connectivity index (χ1v) is 8.26. The van der Waals surface area contributed by atoms with Crippen LogP contribution in [0.15, 0.2) is 53.3 Å². The molecule has 0 aliphatic rings. The highest BCUT2D eigenvalue weighted by Gasteiger charge is 2.16. The molecule has 0 spiro atoms. The summed E-state index contributed by atoms with van der Waals surface area (Å²) in [6.45, 7) is -0.348. The zero-order chi connectivity index (χ0) is 19.4. The first-order chi connectivity index (χ1) is 13.0. The average Bonchev–Trinajstić information content (AvgIpc) is 2.65. The van der Waals surface area contributed by atoms with E-state index >= 15 is 0 Å². The lowest BCUT2D eigenvalue weighted by Gasteiger charge is -2.14.